The molecule has 0 radical (unpaired) electrons. The summed E-state index contributed by atoms with van der Waals surface area (Å²) in [6.07, 6.45) is 4.75. The quantitative estimate of drug-likeness (QED) is 0.758. The molecule has 1 fully saturated rings. The van der Waals surface area contributed by atoms with Crippen molar-refractivity contribution >= 4 is 0 Å². The van der Waals surface area contributed by atoms with Gasteiger partial charge in [0.25, 0.3) is 0 Å². The minimum Gasteiger partial charge on any atom is -0.387 e. The molecule has 1 aliphatic carbocycles. The first-order valence-corrected chi connectivity index (χ1v) is 8.05. The van der Waals surface area contributed by atoms with Crippen molar-refractivity contribution in [3.05, 3.63) is 35.4 Å². The molecular formula is C18H29NO. The molecule has 1 aromatic rings. The fourth-order valence-electron chi connectivity index (χ4n) is 2.71. The molecule has 2 atom stereocenters. The summed E-state index contributed by atoms with van der Waals surface area (Å²) in [5.74, 6) is 1.61. The highest BCUT2D eigenvalue weighted by Gasteiger charge is 2.23. The molecule has 20 heavy (non-hydrogen) atoms. The van der Waals surface area contributed by atoms with Crippen LogP contribution in [0.25, 0.3) is 0 Å². The minimum absolute atomic E-state index is 0.398. The van der Waals surface area contributed by atoms with Crippen LogP contribution >= 0.6 is 0 Å². The monoisotopic (exact) mass is 275 g/mol. The summed E-state index contributed by atoms with van der Waals surface area (Å²) in [6, 6.07) is 8.93. The van der Waals surface area contributed by atoms with E-state index in [1.54, 1.807) is 0 Å². The first kappa shape index (κ1) is 15.5. The number of aliphatic hydroxyl groups is 1. The highest BCUT2D eigenvalue weighted by Crippen LogP contribution is 2.33. The van der Waals surface area contributed by atoms with E-state index < -0.39 is 6.10 Å². The third-order valence-electron chi connectivity index (χ3n) is 4.05. The molecule has 2 unspecified atom stereocenters. The van der Waals surface area contributed by atoms with Gasteiger partial charge in [-0.3, -0.25) is 0 Å². The first-order valence-electron chi connectivity index (χ1n) is 8.05. The maximum absolute atomic E-state index is 10.2. The molecule has 0 bridgehead atoms. The van der Waals surface area contributed by atoms with Crippen molar-refractivity contribution in [1.82, 2.24) is 5.32 Å². The van der Waals surface area contributed by atoms with E-state index in [0.29, 0.717) is 18.5 Å². The molecule has 0 spiro atoms. The number of hydrogen-bond acceptors (Lipinski definition) is 2. The van der Waals surface area contributed by atoms with Gasteiger partial charge >= 0.3 is 0 Å². The van der Waals surface area contributed by atoms with Crippen LogP contribution in [-0.2, 0) is 6.42 Å². The first-order chi connectivity index (χ1) is 9.54. The topological polar surface area (TPSA) is 32.3 Å². The number of benzene rings is 1. The second-order valence-electron chi connectivity index (χ2n) is 6.84. The summed E-state index contributed by atoms with van der Waals surface area (Å²) in [5.41, 5.74) is 2.37. The summed E-state index contributed by atoms with van der Waals surface area (Å²) in [7, 11) is 0. The Morgan fingerprint density at radius 1 is 1.15 bits per heavy atom. The zero-order valence-electron chi connectivity index (χ0n) is 13.1. The van der Waals surface area contributed by atoms with E-state index in [9.17, 15) is 5.11 Å². The van der Waals surface area contributed by atoms with Gasteiger partial charge < -0.3 is 10.4 Å². The third kappa shape index (κ3) is 5.26. The van der Waals surface area contributed by atoms with Gasteiger partial charge in [0.05, 0.1) is 6.10 Å². The van der Waals surface area contributed by atoms with Crippen molar-refractivity contribution in [1.29, 1.82) is 0 Å². The predicted octanol–water partition coefficient (Wildman–Crippen LogP) is 3.70. The lowest BCUT2D eigenvalue weighted by molar-refractivity contribution is 0.169. The van der Waals surface area contributed by atoms with Crippen molar-refractivity contribution in [3.63, 3.8) is 0 Å². The summed E-state index contributed by atoms with van der Waals surface area (Å²) < 4.78 is 0. The number of nitrogens with one attached hydrogen (secondary N) is 1. The summed E-state index contributed by atoms with van der Waals surface area (Å²) >= 11 is 0. The Morgan fingerprint density at radius 3 is 2.35 bits per heavy atom. The second-order valence-corrected chi connectivity index (χ2v) is 6.84. The lowest BCUT2D eigenvalue weighted by Gasteiger charge is -2.17. The average Bonchev–Trinajstić information content (AvgIpc) is 3.20. The molecule has 0 amide bonds. The van der Waals surface area contributed by atoms with Crippen LogP contribution in [0.15, 0.2) is 24.3 Å². The highest BCUT2D eigenvalue weighted by molar-refractivity contribution is 5.24. The van der Waals surface area contributed by atoms with Crippen LogP contribution in [0, 0.1) is 11.8 Å². The Bertz CT molecular complexity index is 394. The molecule has 2 N–H and O–H groups in total. The molecule has 0 heterocycles. The van der Waals surface area contributed by atoms with Crippen molar-refractivity contribution in [2.75, 3.05) is 6.54 Å². The fraction of sp³-hybridized carbons (Fsp3) is 0.667. The Hall–Kier alpha value is -0.860. The van der Waals surface area contributed by atoms with Gasteiger partial charge in [0.2, 0.25) is 0 Å². The molecule has 0 aliphatic heterocycles. The van der Waals surface area contributed by atoms with E-state index in [1.807, 2.05) is 0 Å². The van der Waals surface area contributed by atoms with Crippen LogP contribution < -0.4 is 5.32 Å². The fourth-order valence-corrected chi connectivity index (χ4v) is 2.71. The Labute approximate surface area is 123 Å². The minimum atomic E-state index is -0.398. The van der Waals surface area contributed by atoms with E-state index >= 15 is 0 Å². The summed E-state index contributed by atoms with van der Waals surface area (Å²) in [5, 5.41) is 13.7. The van der Waals surface area contributed by atoms with Gasteiger partial charge in [-0.2, -0.15) is 0 Å². The van der Waals surface area contributed by atoms with Crippen molar-refractivity contribution in [2.45, 2.75) is 58.6 Å². The molecule has 2 heteroatoms. The Balaban J connectivity index is 1.77. The molecular weight excluding hydrogens is 246 g/mol. The maximum atomic E-state index is 10.2. The molecule has 2 rings (SSSR count). The lowest BCUT2D eigenvalue weighted by atomic mass is 10.00. The standard InChI is InChI=1S/C18H29NO/c1-13(2)10-15-6-8-17(9-7-15)18(20)12-19-14(3)11-16-4-5-16/h6-9,13-14,16,18-20H,4-5,10-12H2,1-3H3. The van der Waals surface area contributed by atoms with E-state index in [1.165, 1.54) is 24.8 Å². The van der Waals surface area contributed by atoms with Gasteiger partial charge in [0, 0.05) is 12.6 Å². The van der Waals surface area contributed by atoms with Gasteiger partial charge in [-0.1, -0.05) is 51.0 Å². The van der Waals surface area contributed by atoms with Crippen LogP contribution in [0.3, 0.4) is 0 Å². The molecule has 0 saturated heterocycles. The highest BCUT2D eigenvalue weighted by atomic mass is 16.3. The molecule has 1 saturated carbocycles. The molecule has 2 nitrogen and oxygen atoms in total. The average molecular weight is 275 g/mol. The van der Waals surface area contributed by atoms with Crippen molar-refractivity contribution in [2.24, 2.45) is 11.8 Å². The van der Waals surface area contributed by atoms with Gasteiger partial charge in [-0.15, -0.1) is 0 Å². The largest absolute Gasteiger partial charge is 0.387 e. The van der Waals surface area contributed by atoms with E-state index in [2.05, 4.69) is 50.4 Å². The summed E-state index contributed by atoms with van der Waals surface area (Å²) in [6.45, 7) is 7.33. The molecule has 1 aromatic carbocycles. The van der Waals surface area contributed by atoms with Crippen molar-refractivity contribution < 1.29 is 5.11 Å². The second kappa shape index (κ2) is 7.24. The van der Waals surface area contributed by atoms with E-state index in [0.717, 1.165) is 17.9 Å². The van der Waals surface area contributed by atoms with Gasteiger partial charge in [0.15, 0.2) is 0 Å². The third-order valence-corrected chi connectivity index (χ3v) is 4.05. The number of hydrogen-bond donors (Lipinski definition) is 2. The number of aliphatic hydroxyl groups excluding tert-OH is 1. The maximum Gasteiger partial charge on any atom is 0.0914 e. The van der Waals surface area contributed by atoms with Crippen LogP contribution in [0.2, 0.25) is 0 Å². The van der Waals surface area contributed by atoms with Crippen LogP contribution in [0.4, 0.5) is 0 Å². The number of rotatable bonds is 8. The normalized spacial score (nSPS) is 18.2. The van der Waals surface area contributed by atoms with E-state index in [4.69, 9.17) is 0 Å². The van der Waals surface area contributed by atoms with Gasteiger partial charge in [-0.25, -0.2) is 0 Å². The van der Waals surface area contributed by atoms with Gasteiger partial charge in [-0.05, 0) is 42.7 Å². The van der Waals surface area contributed by atoms with Gasteiger partial charge in [0.1, 0.15) is 0 Å². The Kier molecular flexibility index (Phi) is 5.62. The molecule has 1 aliphatic rings. The SMILES string of the molecule is CC(C)Cc1ccc(C(O)CNC(C)CC2CC2)cc1. The smallest absolute Gasteiger partial charge is 0.0914 e. The Morgan fingerprint density at radius 2 is 1.80 bits per heavy atom. The summed E-state index contributed by atoms with van der Waals surface area (Å²) in [4.78, 5) is 0. The van der Waals surface area contributed by atoms with E-state index in [-0.39, 0.29) is 0 Å². The zero-order valence-corrected chi connectivity index (χ0v) is 13.1. The zero-order chi connectivity index (χ0) is 14.5. The predicted molar refractivity (Wildman–Crippen MR) is 84.7 cm³/mol. The van der Waals surface area contributed by atoms with Crippen LogP contribution in [0.1, 0.15) is 57.3 Å². The van der Waals surface area contributed by atoms with Crippen LogP contribution in [-0.4, -0.2) is 17.7 Å². The lowest BCUT2D eigenvalue weighted by Crippen LogP contribution is -2.30. The van der Waals surface area contributed by atoms with Crippen molar-refractivity contribution in [3.8, 4) is 0 Å². The molecule has 0 aromatic heterocycles. The molecule has 112 valence electrons. The van der Waals surface area contributed by atoms with Crippen LogP contribution in [0.5, 0.6) is 0 Å².